The van der Waals surface area contributed by atoms with E-state index in [1.54, 1.807) is 7.11 Å². The summed E-state index contributed by atoms with van der Waals surface area (Å²) in [5.41, 5.74) is 5.91. The van der Waals surface area contributed by atoms with Gasteiger partial charge in [0.05, 0.1) is 11.6 Å². The number of ether oxygens (including phenoxy) is 1. The van der Waals surface area contributed by atoms with Crippen molar-refractivity contribution in [1.82, 2.24) is 9.97 Å². The molecule has 110 valence electrons. The van der Waals surface area contributed by atoms with Crippen LogP contribution in [0.1, 0.15) is 24.1 Å². The van der Waals surface area contributed by atoms with Crippen LogP contribution in [-0.2, 0) is 12.8 Å². The van der Waals surface area contributed by atoms with Crippen molar-refractivity contribution in [3.63, 3.8) is 0 Å². The van der Waals surface area contributed by atoms with Crippen LogP contribution in [0.25, 0.3) is 11.4 Å². The van der Waals surface area contributed by atoms with E-state index in [1.165, 1.54) is 12.8 Å². The topological polar surface area (TPSA) is 73.1 Å². The van der Waals surface area contributed by atoms with Crippen LogP contribution in [0.2, 0.25) is 0 Å². The van der Waals surface area contributed by atoms with Crippen LogP contribution in [0.5, 0.6) is 5.75 Å². The largest absolute Gasteiger partial charge is 0.496 e. The molecule has 0 bridgehead atoms. The van der Waals surface area contributed by atoms with Crippen LogP contribution in [-0.4, -0.2) is 17.1 Å². The fourth-order valence-corrected chi connectivity index (χ4v) is 3.19. The minimum absolute atomic E-state index is 0.687. The van der Waals surface area contributed by atoms with Gasteiger partial charge in [0.1, 0.15) is 11.6 Å². The molecule has 0 atom stereocenters. The van der Waals surface area contributed by atoms with E-state index in [-0.39, 0.29) is 0 Å². The van der Waals surface area contributed by atoms with E-state index in [0.29, 0.717) is 5.82 Å². The van der Waals surface area contributed by atoms with Gasteiger partial charge in [-0.3, -0.25) is 0 Å². The van der Waals surface area contributed by atoms with Gasteiger partial charge in [-0.1, -0.05) is 0 Å². The minimum atomic E-state index is 0.687. The minimum Gasteiger partial charge on any atom is -0.496 e. The van der Waals surface area contributed by atoms with Gasteiger partial charge < -0.3 is 10.2 Å². The third-order valence-corrected chi connectivity index (χ3v) is 4.35. The highest BCUT2D eigenvalue weighted by Gasteiger charge is 2.18. The Morgan fingerprint density at radius 1 is 1.24 bits per heavy atom. The van der Waals surface area contributed by atoms with Gasteiger partial charge >= 0.3 is 0 Å². The fraction of sp³-hybridized carbons (Fsp3) is 0.333. The van der Waals surface area contributed by atoms with Crippen molar-refractivity contribution in [2.24, 2.45) is 5.84 Å². The predicted octanol–water partition coefficient (Wildman–Crippen LogP) is 3.08. The monoisotopic (exact) mass is 348 g/mol. The second kappa shape index (κ2) is 5.99. The Morgan fingerprint density at radius 2 is 2.05 bits per heavy atom. The average Bonchev–Trinajstić information content (AvgIpc) is 2.53. The number of benzene rings is 1. The SMILES string of the molecule is COc1ccc(-c2nc3c(c(NN)n2)CCCC3)cc1Br. The molecule has 0 saturated heterocycles. The summed E-state index contributed by atoms with van der Waals surface area (Å²) in [4.78, 5) is 9.28. The number of nitrogens with zero attached hydrogens (tertiary/aromatic N) is 2. The molecule has 5 nitrogen and oxygen atoms in total. The van der Waals surface area contributed by atoms with Crippen LogP contribution in [0.4, 0.5) is 5.82 Å². The lowest BCUT2D eigenvalue weighted by molar-refractivity contribution is 0.412. The molecule has 1 aromatic heterocycles. The van der Waals surface area contributed by atoms with E-state index >= 15 is 0 Å². The molecule has 3 rings (SSSR count). The molecule has 2 aromatic rings. The number of anilines is 1. The number of rotatable bonds is 3. The summed E-state index contributed by atoms with van der Waals surface area (Å²) >= 11 is 3.49. The van der Waals surface area contributed by atoms with Crippen molar-refractivity contribution in [2.75, 3.05) is 12.5 Å². The first-order valence-electron chi connectivity index (χ1n) is 6.93. The van der Waals surface area contributed by atoms with Gasteiger partial charge in [-0.25, -0.2) is 15.8 Å². The quantitative estimate of drug-likeness (QED) is 0.658. The van der Waals surface area contributed by atoms with Crippen LogP contribution >= 0.6 is 15.9 Å². The molecular formula is C15H17BrN4O. The van der Waals surface area contributed by atoms with E-state index in [4.69, 9.17) is 15.6 Å². The molecular weight excluding hydrogens is 332 g/mol. The van der Waals surface area contributed by atoms with Crippen LogP contribution in [0, 0.1) is 0 Å². The van der Waals surface area contributed by atoms with Crippen molar-refractivity contribution in [1.29, 1.82) is 0 Å². The second-order valence-electron chi connectivity index (χ2n) is 5.02. The second-order valence-corrected chi connectivity index (χ2v) is 5.88. The van der Waals surface area contributed by atoms with Crippen LogP contribution < -0.4 is 16.0 Å². The van der Waals surface area contributed by atoms with E-state index < -0.39 is 0 Å². The zero-order chi connectivity index (χ0) is 14.8. The first-order valence-corrected chi connectivity index (χ1v) is 7.72. The Bertz CT molecular complexity index is 658. The third kappa shape index (κ3) is 2.73. The van der Waals surface area contributed by atoms with Crippen molar-refractivity contribution >= 4 is 21.7 Å². The zero-order valence-electron chi connectivity index (χ0n) is 11.8. The zero-order valence-corrected chi connectivity index (χ0v) is 13.4. The summed E-state index contributed by atoms with van der Waals surface area (Å²) < 4.78 is 6.13. The lowest BCUT2D eigenvalue weighted by atomic mass is 9.96. The number of methoxy groups -OCH3 is 1. The molecule has 0 spiro atoms. The van der Waals surface area contributed by atoms with Gasteiger partial charge in [0, 0.05) is 16.8 Å². The lowest BCUT2D eigenvalue weighted by Crippen LogP contribution is -2.17. The third-order valence-electron chi connectivity index (χ3n) is 3.73. The first-order chi connectivity index (χ1) is 10.2. The Morgan fingerprint density at radius 3 is 2.76 bits per heavy atom. The normalized spacial score (nSPS) is 13.7. The van der Waals surface area contributed by atoms with Gasteiger partial charge in [-0.15, -0.1) is 0 Å². The van der Waals surface area contributed by atoms with E-state index in [9.17, 15) is 0 Å². The summed E-state index contributed by atoms with van der Waals surface area (Å²) in [6.07, 6.45) is 4.30. The predicted molar refractivity (Wildman–Crippen MR) is 86.2 cm³/mol. The number of halogens is 1. The molecule has 0 saturated carbocycles. The van der Waals surface area contributed by atoms with Crippen LogP contribution in [0.15, 0.2) is 22.7 Å². The maximum Gasteiger partial charge on any atom is 0.161 e. The molecule has 1 aliphatic rings. The number of nitrogens with two attached hydrogens (primary N) is 1. The number of aromatic nitrogens is 2. The Kier molecular flexibility index (Phi) is 4.07. The number of aryl methyl sites for hydroxylation is 1. The molecule has 21 heavy (non-hydrogen) atoms. The number of hydrogen-bond acceptors (Lipinski definition) is 5. The lowest BCUT2D eigenvalue weighted by Gasteiger charge is -2.18. The highest BCUT2D eigenvalue weighted by Crippen LogP contribution is 2.32. The molecule has 0 radical (unpaired) electrons. The number of hydrazine groups is 1. The van der Waals surface area contributed by atoms with Gasteiger partial charge in [-0.05, 0) is 59.8 Å². The molecule has 0 amide bonds. The van der Waals surface area contributed by atoms with Crippen molar-refractivity contribution < 1.29 is 4.74 Å². The van der Waals surface area contributed by atoms with Gasteiger partial charge in [0.25, 0.3) is 0 Å². The summed E-state index contributed by atoms with van der Waals surface area (Å²) in [5, 5.41) is 0. The Balaban J connectivity index is 2.08. The smallest absolute Gasteiger partial charge is 0.161 e. The average molecular weight is 349 g/mol. The van der Waals surface area contributed by atoms with Crippen molar-refractivity contribution in [3.8, 4) is 17.1 Å². The summed E-state index contributed by atoms with van der Waals surface area (Å²) in [7, 11) is 1.64. The molecule has 1 aliphatic carbocycles. The standard InChI is InChI=1S/C15H17BrN4O/c1-21-13-7-6-9(8-11(13)16)14-18-12-5-3-2-4-10(12)15(19-14)20-17/h6-8H,2-5,17H2,1H3,(H,18,19,20). The number of hydrogen-bond donors (Lipinski definition) is 2. The summed E-state index contributed by atoms with van der Waals surface area (Å²) in [6, 6.07) is 5.82. The summed E-state index contributed by atoms with van der Waals surface area (Å²) in [6.45, 7) is 0. The first kappa shape index (κ1) is 14.3. The van der Waals surface area contributed by atoms with Crippen LogP contribution in [0.3, 0.4) is 0 Å². The van der Waals surface area contributed by atoms with E-state index in [1.807, 2.05) is 18.2 Å². The highest BCUT2D eigenvalue weighted by molar-refractivity contribution is 9.10. The fourth-order valence-electron chi connectivity index (χ4n) is 2.65. The highest BCUT2D eigenvalue weighted by atomic mass is 79.9. The number of nitrogen functional groups attached to an aromatic ring is 1. The maximum absolute atomic E-state index is 5.63. The molecule has 6 heteroatoms. The van der Waals surface area contributed by atoms with Gasteiger partial charge in [-0.2, -0.15) is 0 Å². The van der Waals surface area contributed by atoms with E-state index in [0.717, 1.165) is 45.7 Å². The summed E-state index contributed by atoms with van der Waals surface area (Å²) in [5.74, 6) is 7.84. The molecule has 0 unspecified atom stereocenters. The maximum atomic E-state index is 5.63. The molecule has 0 fully saturated rings. The molecule has 0 aliphatic heterocycles. The Hall–Kier alpha value is -1.66. The van der Waals surface area contributed by atoms with Crippen molar-refractivity contribution in [3.05, 3.63) is 33.9 Å². The van der Waals surface area contributed by atoms with Crippen molar-refractivity contribution in [2.45, 2.75) is 25.7 Å². The Labute approximate surface area is 132 Å². The van der Waals surface area contributed by atoms with Gasteiger partial charge in [0.2, 0.25) is 0 Å². The number of fused-ring (bicyclic) bond motifs is 1. The molecule has 1 aromatic carbocycles. The molecule has 3 N–H and O–H groups in total. The van der Waals surface area contributed by atoms with E-state index in [2.05, 4.69) is 26.3 Å². The molecule has 1 heterocycles. The van der Waals surface area contributed by atoms with Gasteiger partial charge in [0.15, 0.2) is 5.82 Å². The number of nitrogens with one attached hydrogen (secondary N) is 1.